The number of ketones is 1. The van der Waals surface area contributed by atoms with E-state index in [9.17, 15) is 14.7 Å². The summed E-state index contributed by atoms with van der Waals surface area (Å²) in [7, 11) is 3.13. The Morgan fingerprint density at radius 3 is 2.53 bits per heavy atom. The summed E-state index contributed by atoms with van der Waals surface area (Å²) >= 11 is 1.25. The van der Waals surface area contributed by atoms with Crippen molar-refractivity contribution in [3.63, 3.8) is 0 Å². The van der Waals surface area contributed by atoms with Crippen molar-refractivity contribution in [1.82, 2.24) is 9.88 Å². The minimum Gasteiger partial charge on any atom is -0.503 e. The minimum atomic E-state index is -0.783. The molecule has 0 saturated carbocycles. The van der Waals surface area contributed by atoms with E-state index in [0.717, 1.165) is 5.56 Å². The molecule has 34 heavy (non-hydrogen) atoms. The lowest BCUT2D eigenvalue weighted by Crippen LogP contribution is -2.32. The second-order valence-corrected chi connectivity index (χ2v) is 8.88. The van der Waals surface area contributed by atoms with E-state index in [-0.39, 0.29) is 5.57 Å². The highest BCUT2D eigenvalue weighted by molar-refractivity contribution is 7.17. The van der Waals surface area contributed by atoms with Crippen molar-refractivity contribution in [1.29, 1.82) is 0 Å². The molecule has 0 radical (unpaired) electrons. The number of aliphatic hydroxyl groups excluding tert-OH is 1. The zero-order valence-corrected chi connectivity index (χ0v) is 20.1. The molecule has 8 heteroatoms. The van der Waals surface area contributed by atoms with Crippen LogP contribution in [0.1, 0.15) is 33.4 Å². The van der Waals surface area contributed by atoms with Crippen LogP contribution >= 0.6 is 11.3 Å². The molecule has 2 heterocycles. The SMILES string of the molecule is COCCCN1C(=O)C(O)=C(C(=O)c2sc(-c3ccccc3)nc2C)C1c1ccccc1OC. The molecule has 7 nitrogen and oxygen atoms in total. The Hall–Kier alpha value is -3.49. The average Bonchev–Trinajstić information content (AvgIpc) is 3.37. The summed E-state index contributed by atoms with van der Waals surface area (Å²) in [6, 6.07) is 16.0. The van der Waals surface area contributed by atoms with E-state index in [2.05, 4.69) is 4.98 Å². The number of hydrogen-bond acceptors (Lipinski definition) is 7. The van der Waals surface area contributed by atoms with Gasteiger partial charge in [0.25, 0.3) is 5.91 Å². The highest BCUT2D eigenvalue weighted by atomic mass is 32.1. The third kappa shape index (κ3) is 4.34. The maximum absolute atomic E-state index is 13.8. The van der Waals surface area contributed by atoms with Gasteiger partial charge in [-0.25, -0.2) is 4.98 Å². The van der Waals surface area contributed by atoms with Gasteiger partial charge < -0.3 is 19.5 Å². The van der Waals surface area contributed by atoms with E-state index in [4.69, 9.17) is 9.47 Å². The number of benzene rings is 2. The number of para-hydroxylation sites is 1. The first-order chi connectivity index (χ1) is 16.5. The molecule has 1 aliphatic rings. The number of carbonyl (C=O) groups excluding carboxylic acids is 2. The average molecular weight is 479 g/mol. The van der Waals surface area contributed by atoms with E-state index in [1.54, 1.807) is 26.2 Å². The minimum absolute atomic E-state index is 0.0401. The molecule has 1 unspecified atom stereocenters. The van der Waals surface area contributed by atoms with Crippen molar-refractivity contribution in [2.24, 2.45) is 0 Å². The Labute approximate surface area is 202 Å². The molecule has 0 aliphatic carbocycles. The van der Waals surface area contributed by atoms with Gasteiger partial charge in [-0.15, -0.1) is 11.3 Å². The molecular formula is C26H26N2O5S. The van der Waals surface area contributed by atoms with Crippen LogP contribution in [-0.2, 0) is 9.53 Å². The van der Waals surface area contributed by atoms with Gasteiger partial charge in [-0.1, -0.05) is 48.5 Å². The van der Waals surface area contributed by atoms with E-state index in [0.29, 0.717) is 46.5 Å². The summed E-state index contributed by atoms with van der Waals surface area (Å²) in [5.41, 5.74) is 2.13. The van der Waals surface area contributed by atoms with Crippen LogP contribution in [0.4, 0.5) is 0 Å². The maximum atomic E-state index is 13.8. The molecule has 0 bridgehead atoms. The number of aryl methyl sites for hydroxylation is 1. The number of Topliss-reactive ketones (excluding diaryl/α,β-unsaturated/α-hetero) is 1. The van der Waals surface area contributed by atoms with Crippen LogP contribution in [0, 0.1) is 6.92 Å². The number of aromatic nitrogens is 1. The van der Waals surface area contributed by atoms with Crippen LogP contribution in [0.25, 0.3) is 10.6 Å². The Kier molecular flexibility index (Phi) is 7.09. The van der Waals surface area contributed by atoms with E-state index < -0.39 is 23.5 Å². The Balaban J connectivity index is 1.79. The number of aliphatic hydroxyl groups is 1. The largest absolute Gasteiger partial charge is 0.503 e. The van der Waals surface area contributed by atoms with Gasteiger partial charge >= 0.3 is 0 Å². The monoisotopic (exact) mass is 478 g/mol. The fourth-order valence-electron chi connectivity index (χ4n) is 4.14. The fraction of sp³-hybridized carbons (Fsp3) is 0.269. The van der Waals surface area contributed by atoms with Gasteiger partial charge in [-0.3, -0.25) is 9.59 Å². The normalized spacial score (nSPS) is 15.8. The van der Waals surface area contributed by atoms with Gasteiger partial charge in [0, 0.05) is 31.4 Å². The number of nitrogens with zero attached hydrogens (tertiary/aromatic N) is 2. The Bertz CT molecular complexity index is 1230. The van der Waals surface area contributed by atoms with E-state index in [1.807, 2.05) is 42.5 Å². The molecule has 0 spiro atoms. The number of ether oxygens (including phenoxy) is 2. The third-order valence-electron chi connectivity index (χ3n) is 5.75. The number of carbonyl (C=O) groups is 2. The number of rotatable bonds is 9. The van der Waals surface area contributed by atoms with Gasteiger partial charge in [0.05, 0.1) is 29.3 Å². The first-order valence-electron chi connectivity index (χ1n) is 10.9. The highest BCUT2D eigenvalue weighted by Crippen LogP contribution is 2.43. The Morgan fingerprint density at radius 2 is 1.82 bits per heavy atom. The maximum Gasteiger partial charge on any atom is 0.290 e. The van der Waals surface area contributed by atoms with Crippen molar-refractivity contribution >= 4 is 23.0 Å². The summed E-state index contributed by atoms with van der Waals surface area (Å²) in [5.74, 6) is -0.996. The van der Waals surface area contributed by atoms with Crippen LogP contribution in [0.15, 0.2) is 65.9 Å². The van der Waals surface area contributed by atoms with Gasteiger partial charge in [-0.2, -0.15) is 0 Å². The molecule has 1 aliphatic heterocycles. The number of thiazole rings is 1. The summed E-state index contributed by atoms with van der Waals surface area (Å²) in [6.07, 6.45) is 0.556. The predicted molar refractivity (Wildman–Crippen MR) is 130 cm³/mol. The van der Waals surface area contributed by atoms with Gasteiger partial charge in [0.2, 0.25) is 5.78 Å². The van der Waals surface area contributed by atoms with Crippen LogP contribution in [0.2, 0.25) is 0 Å². The third-order valence-corrected chi connectivity index (χ3v) is 6.96. The lowest BCUT2D eigenvalue weighted by atomic mass is 9.94. The topological polar surface area (TPSA) is 89.0 Å². The number of methoxy groups -OCH3 is 2. The molecule has 2 aromatic carbocycles. The second-order valence-electron chi connectivity index (χ2n) is 7.88. The van der Waals surface area contributed by atoms with Crippen molar-refractivity contribution in [3.05, 3.63) is 82.1 Å². The summed E-state index contributed by atoms with van der Waals surface area (Å²) in [5, 5.41) is 11.6. The van der Waals surface area contributed by atoms with Crippen LogP contribution in [0.3, 0.4) is 0 Å². The van der Waals surface area contributed by atoms with Crippen molar-refractivity contribution in [2.75, 3.05) is 27.4 Å². The number of amides is 1. The summed E-state index contributed by atoms with van der Waals surface area (Å²) in [4.78, 5) is 33.4. The molecule has 0 fully saturated rings. The lowest BCUT2D eigenvalue weighted by molar-refractivity contribution is -0.129. The van der Waals surface area contributed by atoms with Crippen molar-refractivity contribution in [2.45, 2.75) is 19.4 Å². The smallest absolute Gasteiger partial charge is 0.290 e. The van der Waals surface area contributed by atoms with Crippen LogP contribution in [0.5, 0.6) is 5.75 Å². The molecule has 4 rings (SSSR count). The first-order valence-corrected chi connectivity index (χ1v) is 11.7. The van der Waals surface area contributed by atoms with Crippen molar-refractivity contribution in [3.8, 4) is 16.3 Å². The van der Waals surface area contributed by atoms with E-state index >= 15 is 0 Å². The molecular weight excluding hydrogens is 452 g/mol. The van der Waals surface area contributed by atoms with E-state index in [1.165, 1.54) is 23.3 Å². The zero-order valence-electron chi connectivity index (χ0n) is 19.3. The molecule has 1 atom stereocenters. The lowest BCUT2D eigenvalue weighted by Gasteiger charge is -2.27. The summed E-state index contributed by atoms with van der Waals surface area (Å²) in [6.45, 7) is 2.52. The summed E-state index contributed by atoms with van der Waals surface area (Å²) < 4.78 is 10.7. The Morgan fingerprint density at radius 1 is 1.12 bits per heavy atom. The van der Waals surface area contributed by atoms with Crippen LogP contribution in [-0.4, -0.2) is 54.1 Å². The van der Waals surface area contributed by atoms with Gasteiger partial charge in [-0.05, 0) is 19.4 Å². The quantitative estimate of drug-likeness (QED) is 0.353. The van der Waals surface area contributed by atoms with Crippen molar-refractivity contribution < 1.29 is 24.2 Å². The number of hydrogen-bond donors (Lipinski definition) is 1. The second kappa shape index (κ2) is 10.2. The highest BCUT2D eigenvalue weighted by Gasteiger charge is 2.45. The van der Waals surface area contributed by atoms with Crippen LogP contribution < -0.4 is 4.74 Å². The zero-order chi connectivity index (χ0) is 24.2. The first kappa shape index (κ1) is 23.7. The molecule has 1 aromatic heterocycles. The predicted octanol–water partition coefficient (Wildman–Crippen LogP) is 4.74. The fourth-order valence-corrected chi connectivity index (χ4v) is 5.17. The molecule has 176 valence electrons. The van der Waals surface area contributed by atoms with Gasteiger partial charge in [0.15, 0.2) is 5.76 Å². The van der Waals surface area contributed by atoms with Gasteiger partial charge in [0.1, 0.15) is 10.8 Å². The standard InChI is InChI=1S/C26H26N2O5S/c1-16-24(34-25(27-16)17-10-5-4-6-11-17)22(29)20-21(18-12-7-8-13-19(18)33-3)28(14-9-15-32-2)26(31)23(20)30/h4-8,10-13,21,30H,9,14-15H2,1-3H3. The molecule has 0 saturated heterocycles. The molecule has 1 amide bonds. The molecule has 1 N–H and O–H groups in total. The molecule has 3 aromatic rings.